The van der Waals surface area contributed by atoms with Crippen LogP contribution in [0.2, 0.25) is 0 Å². The lowest BCUT2D eigenvalue weighted by atomic mass is 10.1. The van der Waals surface area contributed by atoms with Gasteiger partial charge in [-0.15, -0.1) is 0 Å². The van der Waals surface area contributed by atoms with E-state index < -0.39 is 5.82 Å². The van der Waals surface area contributed by atoms with Crippen LogP contribution >= 0.6 is 12.2 Å². The Bertz CT molecular complexity index is 1310. The van der Waals surface area contributed by atoms with Crippen molar-refractivity contribution in [3.05, 3.63) is 74.5 Å². The zero-order chi connectivity index (χ0) is 22.8. The van der Waals surface area contributed by atoms with Crippen LogP contribution in [0.3, 0.4) is 0 Å². The van der Waals surface area contributed by atoms with Crippen LogP contribution in [0.15, 0.2) is 47.3 Å². The molecule has 0 saturated carbocycles. The van der Waals surface area contributed by atoms with Gasteiger partial charge >= 0.3 is 0 Å². The maximum absolute atomic E-state index is 13.8. The number of para-hydroxylation sites is 1. The number of piperazine rings is 1. The minimum absolute atomic E-state index is 0.104. The van der Waals surface area contributed by atoms with E-state index in [9.17, 15) is 18.8 Å². The highest BCUT2D eigenvalue weighted by Gasteiger charge is 2.25. The molecule has 4 rings (SSSR count). The van der Waals surface area contributed by atoms with E-state index in [1.165, 1.54) is 10.6 Å². The molecule has 166 valence electrons. The Morgan fingerprint density at radius 1 is 1.06 bits per heavy atom. The molecule has 0 unspecified atom stereocenters. The van der Waals surface area contributed by atoms with Gasteiger partial charge in [0.25, 0.3) is 11.5 Å². The number of halogens is 1. The lowest BCUT2D eigenvalue weighted by molar-refractivity contribution is -0.132. The van der Waals surface area contributed by atoms with Crippen LogP contribution in [0.5, 0.6) is 0 Å². The van der Waals surface area contributed by atoms with Crippen molar-refractivity contribution in [2.24, 2.45) is 0 Å². The number of aromatic nitrogens is 2. The number of hydrogen-bond donors (Lipinski definition) is 1. The Balaban J connectivity index is 1.37. The average Bonchev–Trinajstić information content (AvgIpc) is 2.80. The van der Waals surface area contributed by atoms with Gasteiger partial charge in [0.1, 0.15) is 5.82 Å². The molecule has 7 nitrogen and oxygen atoms in total. The maximum atomic E-state index is 13.8. The van der Waals surface area contributed by atoms with Crippen molar-refractivity contribution in [2.45, 2.75) is 19.9 Å². The molecule has 3 aromatic rings. The largest absolute Gasteiger partial charge is 0.339 e. The van der Waals surface area contributed by atoms with Crippen LogP contribution in [-0.4, -0.2) is 57.3 Å². The number of aryl methyl sites for hydroxylation is 1. The number of amides is 2. The number of fused-ring (bicyclic) bond motifs is 1. The minimum atomic E-state index is -0.410. The first-order valence-corrected chi connectivity index (χ1v) is 10.8. The molecule has 1 aliphatic rings. The molecule has 9 heteroatoms. The van der Waals surface area contributed by atoms with E-state index in [4.69, 9.17) is 12.2 Å². The molecule has 0 radical (unpaired) electrons. The second-order valence-corrected chi connectivity index (χ2v) is 8.21. The molecule has 1 aromatic heterocycles. The van der Waals surface area contributed by atoms with Crippen molar-refractivity contribution in [3.63, 3.8) is 0 Å². The zero-order valence-corrected chi connectivity index (χ0v) is 18.5. The number of nitrogens with zero attached hydrogens (tertiary/aromatic N) is 3. The van der Waals surface area contributed by atoms with Gasteiger partial charge < -0.3 is 14.8 Å². The van der Waals surface area contributed by atoms with Crippen LogP contribution in [0.1, 0.15) is 22.3 Å². The van der Waals surface area contributed by atoms with Crippen molar-refractivity contribution >= 4 is 34.9 Å². The van der Waals surface area contributed by atoms with Crippen molar-refractivity contribution in [1.29, 1.82) is 0 Å². The molecule has 0 spiro atoms. The Hall–Kier alpha value is -3.33. The van der Waals surface area contributed by atoms with E-state index >= 15 is 0 Å². The number of benzene rings is 2. The standard InChI is InChI=1S/C23H23FN4O3S/c1-15-6-7-16(14-18(15)24)21(30)27-12-10-26(11-13-27)20(29)8-9-28-22(31)17-4-2-3-5-19(17)25-23(28)32/h2-7,14H,8-13H2,1H3,(H,25,32). The molecular weight excluding hydrogens is 431 g/mol. The molecule has 0 bridgehead atoms. The molecular formula is C23H23FN4O3S. The average molecular weight is 455 g/mol. The summed E-state index contributed by atoms with van der Waals surface area (Å²) in [6, 6.07) is 11.6. The van der Waals surface area contributed by atoms with Crippen LogP contribution < -0.4 is 5.56 Å². The van der Waals surface area contributed by atoms with Gasteiger partial charge in [0.15, 0.2) is 4.77 Å². The molecule has 1 fully saturated rings. The van der Waals surface area contributed by atoms with Crippen molar-refractivity contribution in [1.82, 2.24) is 19.4 Å². The smallest absolute Gasteiger partial charge is 0.262 e. The SMILES string of the molecule is Cc1ccc(C(=O)N2CCN(C(=O)CCn3c(=S)[nH]c4ccccc4c3=O)CC2)cc1F. The van der Waals surface area contributed by atoms with Crippen LogP contribution in [0.25, 0.3) is 10.9 Å². The van der Waals surface area contributed by atoms with E-state index in [0.29, 0.717) is 48.2 Å². The highest BCUT2D eigenvalue weighted by atomic mass is 32.1. The summed E-state index contributed by atoms with van der Waals surface area (Å²) in [5.74, 6) is -0.759. The fourth-order valence-electron chi connectivity index (χ4n) is 3.83. The third-order valence-corrected chi connectivity index (χ3v) is 6.10. The summed E-state index contributed by atoms with van der Waals surface area (Å²) in [4.78, 5) is 44.4. The van der Waals surface area contributed by atoms with E-state index in [0.717, 1.165) is 0 Å². The van der Waals surface area contributed by atoms with E-state index in [2.05, 4.69) is 4.98 Å². The Morgan fingerprint density at radius 2 is 1.75 bits per heavy atom. The summed E-state index contributed by atoms with van der Waals surface area (Å²) in [6.07, 6.45) is 0.132. The molecule has 0 atom stereocenters. The number of rotatable bonds is 4. The second kappa shape index (κ2) is 9.04. The van der Waals surface area contributed by atoms with Gasteiger partial charge in [0.05, 0.1) is 10.9 Å². The minimum Gasteiger partial charge on any atom is -0.339 e. The van der Waals surface area contributed by atoms with Crippen LogP contribution in [0.4, 0.5) is 4.39 Å². The lowest BCUT2D eigenvalue weighted by Crippen LogP contribution is -2.50. The van der Waals surface area contributed by atoms with Crippen molar-refractivity contribution in [3.8, 4) is 0 Å². The first-order valence-electron chi connectivity index (χ1n) is 10.4. The topological polar surface area (TPSA) is 78.4 Å². The molecule has 0 aliphatic carbocycles. The Kier molecular flexibility index (Phi) is 6.18. The molecule has 2 heterocycles. The third-order valence-electron chi connectivity index (χ3n) is 5.78. The highest BCUT2D eigenvalue weighted by Crippen LogP contribution is 2.14. The monoisotopic (exact) mass is 454 g/mol. The molecule has 1 aliphatic heterocycles. The first kappa shape index (κ1) is 21.9. The van der Waals surface area contributed by atoms with Gasteiger partial charge in [-0.05, 0) is 49.0 Å². The predicted molar refractivity (Wildman–Crippen MR) is 122 cm³/mol. The van der Waals surface area contributed by atoms with E-state index in [1.807, 2.05) is 6.07 Å². The summed E-state index contributed by atoms with van der Waals surface area (Å²) in [5.41, 5.74) is 1.23. The van der Waals surface area contributed by atoms with Gasteiger partial charge in [-0.25, -0.2) is 4.39 Å². The third kappa shape index (κ3) is 4.34. The first-order chi connectivity index (χ1) is 15.3. The van der Waals surface area contributed by atoms with Gasteiger partial charge in [-0.1, -0.05) is 18.2 Å². The van der Waals surface area contributed by atoms with E-state index in [1.54, 1.807) is 47.1 Å². The predicted octanol–water partition coefficient (Wildman–Crippen LogP) is 2.88. The number of aromatic amines is 1. The number of carbonyl (C=O) groups excluding carboxylic acids is 2. The zero-order valence-electron chi connectivity index (χ0n) is 17.6. The summed E-state index contributed by atoms with van der Waals surface area (Å²) in [7, 11) is 0. The highest BCUT2D eigenvalue weighted by molar-refractivity contribution is 7.71. The quantitative estimate of drug-likeness (QED) is 0.615. The van der Waals surface area contributed by atoms with E-state index in [-0.39, 0.29) is 35.1 Å². The summed E-state index contributed by atoms with van der Waals surface area (Å²) >= 11 is 5.29. The normalized spacial score (nSPS) is 14.1. The number of hydrogen-bond acceptors (Lipinski definition) is 4. The summed E-state index contributed by atoms with van der Waals surface area (Å²) in [6.45, 7) is 3.34. The fraction of sp³-hybridized carbons (Fsp3) is 0.304. The van der Waals surface area contributed by atoms with Crippen molar-refractivity contribution in [2.75, 3.05) is 26.2 Å². The summed E-state index contributed by atoms with van der Waals surface area (Å²) < 4.78 is 15.5. The molecule has 1 N–H and O–H groups in total. The molecule has 32 heavy (non-hydrogen) atoms. The van der Waals surface area contributed by atoms with Crippen molar-refractivity contribution < 1.29 is 14.0 Å². The number of carbonyl (C=O) groups is 2. The Labute approximate surface area is 189 Å². The van der Waals surface area contributed by atoms with Gasteiger partial charge in [0.2, 0.25) is 5.91 Å². The maximum Gasteiger partial charge on any atom is 0.262 e. The number of nitrogens with one attached hydrogen (secondary N) is 1. The fourth-order valence-corrected chi connectivity index (χ4v) is 4.12. The van der Waals surface area contributed by atoms with Gasteiger partial charge in [-0.3, -0.25) is 19.0 Å². The Morgan fingerprint density at radius 3 is 2.47 bits per heavy atom. The van der Waals surface area contributed by atoms with Crippen LogP contribution in [-0.2, 0) is 11.3 Å². The molecule has 1 saturated heterocycles. The molecule has 2 amide bonds. The van der Waals surface area contributed by atoms with Gasteiger partial charge in [0, 0.05) is 44.7 Å². The second-order valence-electron chi connectivity index (χ2n) is 7.82. The summed E-state index contributed by atoms with van der Waals surface area (Å²) in [5, 5.41) is 0.521. The lowest BCUT2D eigenvalue weighted by Gasteiger charge is -2.35. The molecule has 2 aromatic carbocycles. The van der Waals surface area contributed by atoms with Crippen LogP contribution in [0, 0.1) is 17.5 Å². The number of H-pyrrole nitrogens is 1. The van der Waals surface area contributed by atoms with Gasteiger partial charge in [-0.2, -0.15) is 0 Å².